The van der Waals surface area contributed by atoms with E-state index < -0.39 is 20.3 Å². The van der Waals surface area contributed by atoms with Crippen molar-refractivity contribution < 1.29 is 20.3 Å². The summed E-state index contributed by atoms with van der Waals surface area (Å²) < 4.78 is 6.94. The SMILES string of the molecule is [CH3][Zr]1([CH3])[CH]2C(=Cc3ccccc32)CCCC2=Cc3ccccc3[CH]21. The van der Waals surface area contributed by atoms with E-state index in [2.05, 4.69) is 69.9 Å². The van der Waals surface area contributed by atoms with E-state index >= 15 is 0 Å². The molecule has 3 aliphatic rings. The van der Waals surface area contributed by atoms with E-state index in [4.69, 9.17) is 0 Å². The third-order valence-electron chi connectivity index (χ3n) is 6.46. The molecule has 24 heavy (non-hydrogen) atoms. The maximum absolute atomic E-state index is 2.71. The Morgan fingerprint density at radius 1 is 0.708 bits per heavy atom. The Kier molecular flexibility index (Phi) is 3.39. The number of hydrogen-bond donors (Lipinski definition) is 0. The zero-order chi connectivity index (χ0) is 16.3. The van der Waals surface area contributed by atoms with Crippen molar-refractivity contribution in [2.45, 2.75) is 35.8 Å². The van der Waals surface area contributed by atoms with Gasteiger partial charge in [0.1, 0.15) is 0 Å². The molecule has 2 unspecified atom stereocenters. The summed E-state index contributed by atoms with van der Waals surface area (Å²) in [5.41, 5.74) is 9.78. The van der Waals surface area contributed by atoms with Gasteiger partial charge in [0.2, 0.25) is 0 Å². The van der Waals surface area contributed by atoms with Crippen LogP contribution in [-0.4, -0.2) is 0 Å². The van der Waals surface area contributed by atoms with E-state index in [-0.39, 0.29) is 0 Å². The molecule has 1 heterocycles. The molecule has 0 saturated carbocycles. The van der Waals surface area contributed by atoms with Gasteiger partial charge in [-0.3, -0.25) is 0 Å². The molecule has 2 aromatic rings. The summed E-state index contributed by atoms with van der Waals surface area (Å²) in [6, 6.07) is 18.4. The summed E-state index contributed by atoms with van der Waals surface area (Å²) in [5.74, 6) is 0. The zero-order valence-corrected chi connectivity index (χ0v) is 17.0. The van der Waals surface area contributed by atoms with Gasteiger partial charge >= 0.3 is 150 Å². The first-order chi connectivity index (χ1) is 11.7. The Bertz CT molecular complexity index is 813. The maximum atomic E-state index is 2.71. The second-order valence-corrected chi connectivity index (χ2v) is 20.0. The summed E-state index contributed by atoms with van der Waals surface area (Å²) >= 11 is -2.48. The predicted molar refractivity (Wildman–Crippen MR) is 99.9 cm³/mol. The fourth-order valence-corrected chi connectivity index (χ4v) is 17.5. The molecule has 2 aliphatic carbocycles. The molecule has 0 nitrogen and oxygen atoms in total. The molecule has 120 valence electrons. The zero-order valence-electron chi connectivity index (χ0n) is 14.5. The molecule has 0 bridgehead atoms. The number of rotatable bonds is 0. The molecule has 1 heteroatoms. The van der Waals surface area contributed by atoms with Crippen LogP contribution < -0.4 is 0 Å². The van der Waals surface area contributed by atoms with Crippen molar-refractivity contribution in [3.05, 3.63) is 81.9 Å². The normalized spacial score (nSPS) is 26.2. The van der Waals surface area contributed by atoms with Crippen molar-refractivity contribution in [1.29, 1.82) is 0 Å². The molecule has 0 aromatic heterocycles. The Morgan fingerprint density at radius 3 is 1.67 bits per heavy atom. The van der Waals surface area contributed by atoms with Crippen molar-refractivity contribution in [2.24, 2.45) is 0 Å². The van der Waals surface area contributed by atoms with E-state index in [0.717, 1.165) is 7.25 Å². The van der Waals surface area contributed by atoms with E-state index in [0.29, 0.717) is 0 Å². The fraction of sp³-hybridized carbons (Fsp3) is 0.304. The molecule has 5 rings (SSSR count). The third-order valence-corrected chi connectivity index (χ3v) is 17.1. The average Bonchev–Trinajstić information content (AvgIpc) is 3.11. The Balaban J connectivity index is 1.70. The second-order valence-electron chi connectivity index (χ2n) is 8.24. The molecule has 0 N–H and O–H groups in total. The van der Waals surface area contributed by atoms with Crippen LogP contribution in [0.3, 0.4) is 0 Å². The minimum absolute atomic E-state index is 0.760. The topological polar surface area (TPSA) is 0 Å². The van der Waals surface area contributed by atoms with Gasteiger partial charge < -0.3 is 0 Å². The van der Waals surface area contributed by atoms with Gasteiger partial charge in [-0.05, 0) is 0 Å². The molecule has 1 fully saturated rings. The van der Waals surface area contributed by atoms with Crippen LogP contribution in [0.2, 0.25) is 9.26 Å². The van der Waals surface area contributed by atoms with Gasteiger partial charge in [0.15, 0.2) is 0 Å². The molecule has 0 amide bonds. The van der Waals surface area contributed by atoms with Crippen molar-refractivity contribution in [1.82, 2.24) is 0 Å². The minimum atomic E-state index is -2.48. The number of fused-ring (bicyclic) bond motifs is 6. The quantitative estimate of drug-likeness (QED) is 0.469. The standard InChI is InChI=1S/C21H18.2CH3.Zr/c1-2-9-19-13-16(12-18(19)8-1)6-5-7-17-14-20-10-3-4-11-21(20)15-17;;;/h1-4,8-15H,5-7H2;2*1H3;. The van der Waals surface area contributed by atoms with Gasteiger partial charge in [-0.15, -0.1) is 0 Å². The van der Waals surface area contributed by atoms with Crippen LogP contribution in [0.15, 0.2) is 59.7 Å². The molecule has 1 saturated heterocycles. The Labute approximate surface area is 149 Å². The van der Waals surface area contributed by atoms with Crippen LogP contribution >= 0.6 is 0 Å². The summed E-state index contributed by atoms with van der Waals surface area (Å²) in [7, 11) is 0. The van der Waals surface area contributed by atoms with Crippen LogP contribution in [0.5, 0.6) is 0 Å². The average molecular weight is 392 g/mol. The van der Waals surface area contributed by atoms with Crippen LogP contribution in [0.4, 0.5) is 0 Å². The van der Waals surface area contributed by atoms with E-state index in [1.54, 1.807) is 22.3 Å². The first-order valence-corrected chi connectivity index (χ1v) is 17.0. The number of hydrogen-bond acceptors (Lipinski definition) is 0. The summed E-state index contributed by atoms with van der Waals surface area (Å²) in [6.45, 7) is 0. The van der Waals surface area contributed by atoms with Gasteiger partial charge in [-0.25, -0.2) is 0 Å². The van der Waals surface area contributed by atoms with Gasteiger partial charge in [0.05, 0.1) is 0 Å². The van der Waals surface area contributed by atoms with Gasteiger partial charge in [0, 0.05) is 0 Å². The molecular formula is C23H24Zr. The van der Waals surface area contributed by atoms with Crippen LogP contribution in [0, 0.1) is 0 Å². The monoisotopic (exact) mass is 390 g/mol. The van der Waals surface area contributed by atoms with Crippen LogP contribution in [0.1, 0.15) is 48.8 Å². The first-order valence-electron chi connectivity index (χ1n) is 9.25. The van der Waals surface area contributed by atoms with E-state index in [1.165, 1.54) is 30.4 Å². The molecule has 2 atom stereocenters. The summed E-state index contributed by atoms with van der Waals surface area (Å²) in [5, 5.41) is 0. The molecular weight excluding hydrogens is 367 g/mol. The fourth-order valence-electron chi connectivity index (χ4n) is 5.63. The molecule has 0 spiro atoms. The second kappa shape index (κ2) is 5.40. The van der Waals surface area contributed by atoms with E-state index in [9.17, 15) is 0 Å². The van der Waals surface area contributed by atoms with Crippen molar-refractivity contribution >= 4 is 12.2 Å². The Hall–Kier alpha value is -1.20. The number of allylic oxidation sites excluding steroid dienone is 2. The predicted octanol–water partition coefficient (Wildman–Crippen LogP) is 6.70. The van der Waals surface area contributed by atoms with E-state index in [1.807, 2.05) is 0 Å². The van der Waals surface area contributed by atoms with Crippen molar-refractivity contribution in [3.63, 3.8) is 0 Å². The Morgan fingerprint density at radius 2 is 1.17 bits per heavy atom. The summed E-state index contributed by atoms with van der Waals surface area (Å²) in [4.78, 5) is 0. The van der Waals surface area contributed by atoms with Gasteiger partial charge in [0.25, 0.3) is 0 Å². The molecule has 0 radical (unpaired) electrons. The first kappa shape index (κ1) is 15.1. The van der Waals surface area contributed by atoms with Crippen molar-refractivity contribution in [3.8, 4) is 0 Å². The third kappa shape index (κ3) is 2.07. The van der Waals surface area contributed by atoms with Gasteiger partial charge in [-0.1, -0.05) is 0 Å². The van der Waals surface area contributed by atoms with Crippen molar-refractivity contribution in [2.75, 3.05) is 0 Å². The van der Waals surface area contributed by atoms with Gasteiger partial charge in [-0.2, -0.15) is 0 Å². The van der Waals surface area contributed by atoms with Crippen LogP contribution in [0.25, 0.3) is 12.2 Å². The number of benzene rings is 2. The molecule has 2 aromatic carbocycles. The van der Waals surface area contributed by atoms with Crippen LogP contribution in [-0.2, 0) is 20.3 Å². The summed E-state index contributed by atoms with van der Waals surface area (Å²) in [6.07, 6.45) is 8.97. The molecule has 1 aliphatic heterocycles.